The molecule has 0 amide bonds. The number of nitrogens with zero attached hydrogens (tertiary/aromatic N) is 1. The van der Waals surface area contributed by atoms with Gasteiger partial charge in [0, 0.05) is 38.2 Å². The Hall–Kier alpha value is -0.510. The highest BCUT2D eigenvalue weighted by atomic mass is 32.2. The van der Waals surface area contributed by atoms with E-state index < -0.39 is 10.0 Å². The zero-order valence-corrected chi connectivity index (χ0v) is 13.8. The summed E-state index contributed by atoms with van der Waals surface area (Å²) >= 11 is 1.44. The van der Waals surface area contributed by atoms with Crippen molar-refractivity contribution in [2.75, 3.05) is 47.4 Å². The first-order chi connectivity index (χ1) is 9.51. The molecule has 0 atom stereocenters. The van der Waals surface area contributed by atoms with E-state index in [0.29, 0.717) is 31.1 Å². The van der Waals surface area contributed by atoms with Crippen molar-refractivity contribution in [1.82, 2.24) is 14.9 Å². The van der Waals surface area contributed by atoms with Crippen LogP contribution in [0, 0.1) is 0 Å². The number of rotatable bonds is 10. The van der Waals surface area contributed by atoms with Gasteiger partial charge in [-0.3, -0.25) is 0 Å². The van der Waals surface area contributed by atoms with Gasteiger partial charge in [0.25, 0.3) is 0 Å². The predicted molar refractivity (Wildman–Crippen MR) is 81.6 cm³/mol. The molecule has 0 aliphatic rings. The van der Waals surface area contributed by atoms with Gasteiger partial charge < -0.3 is 15.0 Å². The maximum atomic E-state index is 12.2. The standard InChI is InChI=1S/C12H23N3O3S2/c1-13-10-11-12(4-9-19-11)20(16,17)14-5-6-15(2)7-8-18-3/h4,9,13-14H,5-8,10H2,1-3H3. The van der Waals surface area contributed by atoms with Crippen LogP contribution < -0.4 is 10.0 Å². The van der Waals surface area contributed by atoms with Gasteiger partial charge in [-0.1, -0.05) is 0 Å². The highest BCUT2D eigenvalue weighted by molar-refractivity contribution is 7.89. The summed E-state index contributed by atoms with van der Waals surface area (Å²) in [4.78, 5) is 3.22. The normalized spacial score (nSPS) is 12.2. The molecule has 0 saturated carbocycles. The van der Waals surface area contributed by atoms with Gasteiger partial charge in [0.05, 0.1) is 11.5 Å². The smallest absolute Gasteiger partial charge is 0.241 e. The Morgan fingerprint density at radius 2 is 2.15 bits per heavy atom. The minimum absolute atomic E-state index is 0.372. The third-order valence-corrected chi connectivity index (χ3v) is 5.39. The molecule has 0 aliphatic carbocycles. The van der Waals surface area contributed by atoms with Gasteiger partial charge in [-0.05, 0) is 25.5 Å². The average molecular weight is 321 g/mol. The molecule has 116 valence electrons. The quantitative estimate of drug-likeness (QED) is 0.650. The first kappa shape index (κ1) is 17.5. The third kappa shape index (κ3) is 5.47. The molecule has 0 bridgehead atoms. The van der Waals surface area contributed by atoms with Crippen molar-refractivity contribution in [3.8, 4) is 0 Å². The van der Waals surface area contributed by atoms with Gasteiger partial charge in [0.15, 0.2) is 0 Å². The third-order valence-electron chi connectivity index (χ3n) is 2.79. The molecule has 20 heavy (non-hydrogen) atoms. The van der Waals surface area contributed by atoms with Crippen molar-refractivity contribution in [2.24, 2.45) is 0 Å². The summed E-state index contributed by atoms with van der Waals surface area (Å²) in [6.45, 7) is 3.01. The fourth-order valence-corrected chi connectivity index (χ4v) is 4.14. The lowest BCUT2D eigenvalue weighted by molar-refractivity contribution is 0.162. The molecule has 8 heteroatoms. The van der Waals surface area contributed by atoms with Crippen LogP contribution in [-0.4, -0.2) is 60.8 Å². The highest BCUT2D eigenvalue weighted by Crippen LogP contribution is 2.21. The first-order valence-electron chi connectivity index (χ1n) is 6.39. The number of ether oxygens (including phenoxy) is 1. The van der Waals surface area contributed by atoms with Gasteiger partial charge >= 0.3 is 0 Å². The lowest BCUT2D eigenvalue weighted by Gasteiger charge is -2.16. The molecule has 0 aromatic carbocycles. The molecular weight excluding hydrogens is 298 g/mol. The molecule has 0 aliphatic heterocycles. The van der Waals surface area contributed by atoms with Crippen molar-refractivity contribution in [3.63, 3.8) is 0 Å². The van der Waals surface area contributed by atoms with Gasteiger partial charge in [0.1, 0.15) is 0 Å². The fraction of sp³-hybridized carbons (Fsp3) is 0.667. The average Bonchev–Trinajstić information content (AvgIpc) is 2.85. The Labute approximate surface area is 125 Å². The molecule has 2 N–H and O–H groups in total. The van der Waals surface area contributed by atoms with E-state index in [2.05, 4.69) is 10.0 Å². The van der Waals surface area contributed by atoms with Crippen LogP contribution in [0.25, 0.3) is 0 Å². The Balaban J connectivity index is 2.51. The van der Waals surface area contributed by atoms with Gasteiger partial charge in [-0.2, -0.15) is 0 Å². The van der Waals surface area contributed by atoms with E-state index in [1.807, 2.05) is 11.9 Å². The molecule has 1 aromatic rings. The van der Waals surface area contributed by atoms with Crippen LogP contribution >= 0.6 is 11.3 Å². The van der Waals surface area contributed by atoms with E-state index in [1.54, 1.807) is 25.6 Å². The molecule has 6 nitrogen and oxygen atoms in total. The summed E-state index contributed by atoms with van der Waals surface area (Å²) in [6.07, 6.45) is 0. The topological polar surface area (TPSA) is 70.7 Å². The Kier molecular flexibility index (Phi) is 7.63. The zero-order chi connectivity index (χ0) is 15.0. The summed E-state index contributed by atoms with van der Waals surface area (Å²) in [5.74, 6) is 0. The number of methoxy groups -OCH3 is 1. The number of hydrogen-bond acceptors (Lipinski definition) is 6. The fourth-order valence-electron chi connectivity index (χ4n) is 1.67. The van der Waals surface area contributed by atoms with Crippen LogP contribution in [0.4, 0.5) is 0 Å². The Morgan fingerprint density at radius 3 is 2.80 bits per heavy atom. The minimum atomic E-state index is -3.42. The van der Waals surface area contributed by atoms with Crippen LogP contribution in [0.2, 0.25) is 0 Å². The Morgan fingerprint density at radius 1 is 1.40 bits per heavy atom. The largest absolute Gasteiger partial charge is 0.383 e. The molecule has 0 radical (unpaired) electrons. The minimum Gasteiger partial charge on any atom is -0.383 e. The molecule has 0 unspecified atom stereocenters. The van der Waals surface area contributed by atoms with E-state index in [9.17, 15) is 8.42 Å². The maximum absolute atomic E-state index is 12.2. The summed E-state index contributed by atoms with van der Waals surface area (Å²) < 4.78 is 32.0. The summed E-state index contributed by atoms with van der Waals surface area (Å²) in [5, 5.41) is 4.77. The van der Waals surface area contributed by atoms with E-state index in [4.69, 9.17) is 4.74 Å². The van der Waals surface area contributed by atoms with Crippen molar-refractivity contribution in [3.05, 3.63) is 16.3 Å². The number of thiophene rings is 1. The van der Waals surface area contributed by atoms with Gasteiger partial charge in [-0.15, -0.1) is 11.3 Å². The SMILES string of the molecule is CNCc1sccc1S(=O)(=O)NCCN(C)CCOC. The van der Waals surface area contributed by atoms with Crippen molar-refractivity contribution in [1.29, 1.82) is 0 Å². The molecule has 1 heterocycles. The van der Waals surface area contributed by atoms with Crippen LogP contribution in [0.15, 0.2) is 16.3 Å². The second kappa shape index (κ2) is 8.71. The number of nitrogens with one attached hydrogen (secondary N) is 2. The Bertz CT molecular complexity index is 488. The maximum Gasteiger partial charge on any atom is 0.241 e. The van der Waals surface area contributed by atoms with E-state index in [1.165, 1.54) is 11.3 Å². The van der Waals surface area contributed by atoms with E-state index >= 15 is 0 Å². The molecule has 0 fully saturated rings. The lowest BCUT2D eigenvalue weighted by atomic mass is 10.5. The monoisotopic (exact) mass is 321 g/mol. The van der Waals surface area contributed by atoms with E-state index in [0.717, 1.165) is 11.4 Å². The second-order valence-electron chi connectivity index (χ2n) is 4.43. The van der Waals surface area contributed by atoms with Crippen LogP contribution in [0.1, 0.15) is 4.88 Å². The molecule has 1 rings (SSSR count). The first-order valence-corrected chi connectivity index (χ1v) is 8.75. The van der Waals surface area contributed by atoms with Gasteiger partial charge in [-0.25, -0.2) is 13.1 Å². The molecule has 0 spiro atoms. The van der Waals surface area contributed by atoms with Crippen LogP contribution in [0.5, 0.6) is 0 Å². The van der Waals surface area contributed by atoms with Gasteiger partial charge in [0.2, 0.25) is 10.0 Å². The molecule has 1 aromatic heterocycles. The van der Waals surface area contributed by atoms with Crippen molar-refractivity contribution < 1.29 is 13.2 Å². The molecular formula is C12H23N3O3S2. The summed E-state index contributed by atoms with van der Waals surface area (Å²) in [5.41, 5.74) is 0. The highest BCUT2D eigenvalue weighted by Gasteiger charge is 2.18. The lowest BCUT2D eigenvalue weighted by Crippen LogP contribution is -2.34. The number of hydrogen-bond donors (Lipinski definition) is 2. The number of sulfonamides is 1. The van der Waals surface area contributed by atoms with Crippen molar-refractivity contribution >= 4 is 21.4 Å². The second-order valence-corrected chi connectivity index (χ2v) is 7.17. The zero-order valence-electron chi connectivity index (χ0n) is 12.2. The van der Waals surface area contributed by atoms with Crippen LogP contribution in [-0.2, 0) is 21.3 Å². The number of likely N-dealkylation sites (N-methyl/N-ethyl adjacent to an activating group) is 1. The van der Waals surface area contributed by atoms with Crippen LogP contribution in [0.3, 0.4) is 0 Å². The molecule has 0 saturated heterocycles. The summed E-state index contributed by atoms with van der Waals surface area (Å²) in [6, 6.07) is 1.65. The summed E-state index contributed by atoms with van der Waals surface area (Å²) in [7, 11) is 1.96. The van der Waals surface area contributed by atoms with E-state index in [-0.39, 0.29) is 0 Å². The van der Waals surface area contributed by atoms with Crippen molar-refractivity contribution in [2.45, 2.75) is 11.4 Å². The predicted octanol–water partition coefficient (Wildman–Crippen LogP) is 0.324.